The lowest BCUT2D eigenvalue weighted by Crippen LogP contribution is -2.37. The molecule has 0 spiro atoms. The van der Waals surface area contributed by atoms with Crippen LogP contribution in [0.15, 0.2) is 64.2 Å². The minimum absolute atomic E-state index is 0.275. The molecule has 1 aliphatic heterocycles. The molecule has 3 rings (SSSR count). The molecule has 2 atom stereocenters. The van der Waals surface area contributed by atoms with Gasteiger partial charge in [0.1, 0.15) is 0 Å². The van der Waals surface area contributed by atoms with Gasteiger partial charge in [-0.3, -0.25) is 14.4 Å². The Kier molecular flexibility index (Phi) is 5.51. The SMILES string of the molecule is CC1=NN(c2ccccc2)C(=O)[C@@H]1[C@H](CC(=O)c1ccc(Br)cc1)C(=O)O. The molecule has 0 unspecified atom stereocenters. The summed E-state index contributed by atoms with van der Waals surface area (Å²) in [7, 11) is 0. The van der Waals surface area contributed by atoms with Gasteiger partial charge >= 0.3 is 5.97 Å². The first-order valence-corrected chi connectivity index (χ1v) is 9.13. The lowest BCUT2D eigenvalue weighted by molar-refractivity contribution is -0.144. The van der Waals surface area contributed by atoms with E-state index in [4.69, 9.17) is 0 Å². The molecule has 1 heterocycles. The maximum absolute atomic E-state index is 12.9. The number of carbonyl (C=O) groups is 3. The largest absolute Gasteiger partial charge is 0.481 e. The first-order chi connectivity index (χ1) is 12.9. The summed E-state index contributed by atoms with van der Waals surface area (Å²) in [5.41, 5.74) is 1.36. The molecule has 0 aromatic heterocycles. The van der Waals surface area contributed by atoms with Crippen LogP contribution in [0, 0.1) is 11.8 Å². The molecule has 138 valence electrons. The second kappa shape index (κ2) is 7.84. The number of aliphatic carboxylic acids is 1. The molecule has 7 heteroatoms. The lowest BCUT2D eigenvalue weighted by atomic mass is 9.83. The number of rotatable bonds is 6. The van der Waals surface area contributed by atoms with Crippen LogP contribution >= 0.6 is 15.9 Å². The van der Waals surface area contributed by atoms with Crippen molar-refractivity contribution in [2.75, 3.05) is 5.01 Å². The highest BCUT2D eigenvalue weighted by molar-refractivity contribution is 9.10. The van der Waals surface area contributed by atoms with Crippen LogP contribution in [0.5, 0.6) is 0 Å². The quantitative estimate of drug-likeness (QED) is 0.709. The minimum Gasteiger partial charge on any atom is -0.481 e. The molecular weight excluding hydrogens is 412 g/mol. The smallest absolute Gasteiger partial charge is 0.308 e. The van der Waals surface area contributed by atoms with Gasteiger partial charge in [-0.25, -0.2) is 5.01 Å². The van der Waals surface area contributed by atoms with E-state index in [0.29, 0.717) is 17.0 Å². The van der Waals surface area contributed by atoms with Crippen LogP contribution in [-0.4, -0.2) is 28.5 Å². The van der Waals surface area contributed by atoms with E-state index in [1.54, 1.807) is 55.5 Å². The molecule has 27 heavy (non-hydrogen) atoms. The van der Waals surface area contributed by atoms with Crippen molar-refractivity contribution in [3.8, 4) is 0 Å². The molecule has 0 saturated carbocycles. The van der Waals surface area contributed by atoms with Crippen molar-refractivity contribution in [1.82, 2.24) is 0 Å². The number of para-hydroxylation sites is 1. The van der Waals surface area contributed by atoms with Gasteiger partial charge in [0.05, 0.1) is 17.5 Å². The molecular formula is C20H17BrN2O4. The Morgan fingerprint density at radius 3 is 2.37 bits per heavy atom. The van der Waals surface area contributed by atoms with Gasteiger partial charge in [0, 0.05) is 22.2 Å². The summed E-state index contributed by atoms with van der Waals surface area (Å²) in [4.78, 5) is 37.3. The standard InChI is InChI=1S/C20H17BrN2O4/c1-12-18(19(25)23(22-12)15-5-3-2-4-6-15)16(20(26)27)11-17(24)13-7-9-14(21)10-8-13/h2-10,16,18H,11H2,1H3,(H,26,27)/t16-,18-/m0/s1. The molecule has 0 aliphatic carbocycles. The van der Waals surface area contributed by atoms with Gasteiger partial charge in [-0.2, -0.15) is 5.10 Å². The lowest BCUT2D eigenvalue weighted by Gasteiger charge is -2.19. The van der Waals surface area contributed by atoms with Crippen LogP contribution in [0.2, 0.25) is 0 Å². The van der Waals surface area contributed by atoms with Crippen molar-refractivity contribution in [3.05, 3.63) is 64.6 Å². The second-order valence-electron chi connectivity index (χ2n) is 6.28. The van der Waals surface area contributed by atoms with Crippen LogP contribution in [0.3, 0.4) is 0 Å². The van der Waals surface area contributed by atoms with Gasteiger partial charge in [-0.1, -0.05) is 46.3 Å². The Morgan fingerprint density at radius 1 is 1.15 bits per heavy atom. The van der Waals surface area contributed by atoms with E-state index < -0.39 is 23.7 Å². The predicted molar refractivity (Wildman–Crippen MR) is 105 cm³/mol. The van der Waals surface area contributed by atoms with Crippen LogP contribution in [-0.2, 0) is 9.59 Å². The maximum Gasteiger partial charge on any atom is 0.308 e. The first-order valence-electron chi connectivity index (χ1n) is 8.34. The van der Waals surface area contributed by atoms with E-state index in [1.165, 1.54) is 5.01 Å². The van der Waals surface area contributed by atoms with Gasteiger partial charge in [-0.15, -0.1) is 0 Å². The van der Waals surface area contributed by atoms with E-state index in [1.807, 2.05) is 6.07 Å². The van der Waals surface area contributed by atoms with Gasteiger partial charge < -0.3 is 5.11 Å². The average Bonchev–Trinajstić information content (AvgIpc) is 2.95. The summed E-state index contributed by atoms with van der Waals surface area (Å²) < 4.78 is 0.821. The molecule has 2 aromatic carbocycles. The fourth-order valence-corrected chi connectivity index (χ4v) is 3.36. The molecule has 2 aromatic rings. The number of hydrogen-bond acceptors (Lipinski definition) is 4. The fraction of sp³-hybridized carbons (Fsp3) is 0.200. The highest BCUT2D eigenvalue weighted by atomic mass is 79.9. The number of nitrogens with zero attached hydrogens (tertiary/aromatic N) is 2. The van der Waals surface area contributed by atoms with Crippen LogP contribution < -0.4 is 5.01 Å². The van der Waals surface area contributed by atoms with Crippen molar-refractivity contribution in [1.29, 1.82) is 0 Å². The first kappa shape index (κ1) is 19.0. The molecule has 6 nitrogen and oxygen atoms in total. The number of Topliss-reactive ketones (excluding diaryl/α,β-unsaturated/α-hetero) is 1. The number of hydrazone groups is 1. The van der Waals surface area contributed by atoms with Crippen molar-refractivity contribution in [2.45, 2.75) is 13.3 Å². The molecule has 1 N–H and O–H groups in total. The molecule has 0 bridgehead atoms. The van der Waals surface area contributed by atoms with Gasteiger partial charge in [0.25, 0.3) is 5.91 Å². The summed E-state index contributed by atoms with van der Waals surface area (Å²) in [6.45, 7) is 1.62. The van der Waals surface area contributed by atoms with Crippen molar-refractivity contribution >= 4 is 45.0 Å². The molecule has 1 amide bonds. The third-order valence-corrected chi connectivity index (χ3v) is 5.00. The van der Waals surface area contributed by atoms with Crippen molar-refractivity contribution in [2.24, 2.45) is 16.9 Å². The van der Waals surface area contributed by atoms with E-state index in [-0.39, 0.29) is 12.2 Å². The number of amides is 1. The summed E-state index contributed by atoms with van der Waals surface area (Å²) in [6, 6.07) is 15.5. The van der Waals surface area contributed by atoms with Crippen LogP contribution in [0.25, 0.3) is 0 Å². The van der Waals surface area contributed by atoms with Crippen LogP contribution in [0.4, 0.5) is 5.69 Å². The second-order valence-corrected chi connectivity index (χ2v) is 7.20. The van der Waals surface area contributed by atoms with E-state index in [9.17, 15) is 19.5 Å². The Balaban J connectivity index is 1.84. The number of benzene rings is 2. The topological polar surface area (TPSA) is 87.0 Å². The Morgan fingerprint density at radius 2 is 1.78 bits per heavy atom. The molecule has 1 aliphatic rings. The van der Waals surface area contributed by atoms with Crippen molar-refractivity contribution < 1.29 is 19.5 Å². The van der Waals surface area contributed by atoms with Crippen molar-refractivity contribution in [3.63, 3.8) is 0 Å². The molecule has 0 fully saturated rings. The normalized spacial score (nSPS) is 17.6. The Bertz CT molecular complexity index is 909. The maximum atomic E-state index is 12.9. The third kappa shape index (κ3) is 3.98. The van der Waals surface area contributed by atoms with E-state index in [0.717, 1.165) is 4.47 Å². The van der Waals surface area contributed by atoms with Crippen LogP contribution in [0.1, 0.15) is 23.7 Å². The predicted octanol–water partition coefficient (Wildman–Crippen LogP) is 3.76. The molecule has 0 saturated heterocycles. The van der Waals surface area contributed by atoms with E-state index >= 15 is 0 Å². The Labute approximate surface area is 164 Å². The highest BCUT2D eigenvalue weighted by Crippen LogP contribution is 2.31. The number of hydrogen-bond donors (Lipinski definition) is 1. The summed E-state index contributed by atoms with van der Waals surface area (Å²) in [6.07, 6.45) is -0.275. The number of carboxylic acid groups (broad SMARTS) is 1. The zero-order valence-electron chi connectivity index (χ0n) is 14.5. The van der Waals surface area contributed by atoms with Gasteiger partial charge in [-0.05, 0) is 31.2 Å². The minimum atomic E-state index is -1.19. The summed E-state index contributed by atoms with van der Waals surface area (Å²) in [5, 5.41) is 15.1. The van der Waals surface area contributed by atoms with E-state index in [2.05, 4.69) is 21.0 Å². The monoisotopic (exact) mass is 428 g/mol. The number of anilines is 1. The fourth-order valence-electron chi connectivity index (χ4n) is 3.10. The number of carboxylic acids is 1. The Hall–Kier alpha value is -2.80. The third-order valence-electron chi connectivity index (χ3n) is 4.47. The summed E-state index contributed by atoms with van der Waals surface area (Å²) >= 11 is 3.30. The number of halogens is 1. The highest BCUT2D eigenvalue weighted by Gasteiger charge is 2.44. The molecule has 0 radical (unpaired) electrons. The average molecular weight is 429 g/mol. The van der Waals surface area contributed by atoms with Gasteiger partial charge in [0.2, 0.25) is 0 Å². The van der Waals surface area contributed by atoms with Gasteiger partial charge in [0.15, 0.2) is 5.78 Å². The zero-order chi connectivity index (χ0) is 19.6. The zero-order valence-corrected chi connectivity index (χ0v) is 16.1. The number of carbonyl (C=O) groups excluding carboxylic acids is 2. The number of ketones is 1. The summed E-state index contributed by atoms with van der Waals surface area (Å²) in [5.74, 6) is -4.10.